The molecule has 0 fully saturated rings. The van der Waals surface area contributed by atoms with Crippen molar-refractivity contribution in [2.24, 2.45) is 0 Å². The van der Waals surface area contributed by atoms with Crippen LogP contribution >= 0.6 is 22.7 Å². The molecule has 20 aromatic rings. The van der Waals surface area contributed by atoms with Crippen molar-refractivity contribution in [3.05, 3.63) is 304 Å². The molecule has 0 aliphatic rings. The Morgan fingerprint density at radius 2 is 0.510 bits per heavy atom. The summed E-state index contributed by atoms with van der Waals surface area (Å²) >= 11 is 3.68. The first-order valence-electron chi connectivity index (χ1n) is 31.8. The summed E-state index contributed by atoms with van der Waals surface area (Å²) in [5.41, 5.74) is 17.9. The van der Waals surface area contributed by atoms with Gasteiger partial charge in [0.05, 0.1) is 22.5 Å². The number of aromatic nitrogens is 6. The van der Waals surface area contributed by atoms with E-state index in [2.05, 4.69) is 206 Å². The number of benzene rings is 12. The average Bonchev–Trinajstić information content (AvgIpc) is 1.39. The van der Waals surface area contributed by atoms with E-state index in [1.54, 1.807) is 0 Å². The summed E-state index contributed by atoms with van der Waals surface area (Å²) in [5, 5.41) is 14.1. The van der Waals surface area contributed by atoms with Gasteiger partial charge < -0.3 is 8.83 Å². The summed E-state index contributed by atoms with van der Waals surface area (Å²) in [7, 11) is 0. The number of furan rings is 2. The van der Waals surface area contributed by atoms with Crippen LogP contribution in [0.2, 0.25) is 0 Å². The van der Waals surface area contributed by atoms with Crippen molar-refractivity contribution in [2.45, 2.75) is 0 Å². The predicted octanol–water partition coefficient (Wildman–Crippen LogP) is 23.9. The van der Waals surface area contributed by atoms with Gasteiger partial charge in [0, 0.05) is 132 Å². The molecule has 8 heterocycles. The minimum absolute atomic E-state index is 0.625. The summed E-state index contributed by atoms with van der Waals surface area (Å²) in [4.78, 5) is 29.2. The fraction of sp³-hybridized carbons (Fsp3) is 0. The summed E-state index contributed by atoms with van der Waals surface area (Å²) < 4.78 is 17.7. The lowest BCUT2D eigenvalue weighted by Crippen LogP contribution is -1.93. The Hall–Kier alpha value is -12.3. The molecule has 0 saturated carbocycles. The number of hydrogen-bond acceptors (Lipinski definition) is 10. The molecular weight excluding hydrogens is 1210 g/mol. The van der Waals surface area contributed by atoms with Crippen LogP contribution in [0, 0.1) is 0 Å². The molecule has 0 aliphatic carbocycles. The van der Waals surface area contributed by atoms with Crippen LogP contribution in [0.5, 0.6) is 0 Å². The van der Waals surface area contributed by atoms with Crippen LogP contribution in [0.4, 0.5) is 0 Å². The van der Waals surface area contributed by atoms with E-state index < -0.39 is 0 Å². The lowest BCUT2D eigenvalue weighted by atomic mass is 9.93. The number of para-hydroxylation sites is 4. The van der Waals surface area contributed by atoms with E-state index in [4.69, 9.17) is 38.7 Å². The average molecular weight is 1260 g/mol. The molecule has 0 spiro atoms. The van der Waals surface area contributed by atoms with Crippen LogP contribution in [0.15, 0.2) is 313 Å². The zero-order valence-electron chi connectivity index (χ0n) is 51.2. The molecule has 0 saturated heterocycles. The third-order valence-electron chi connectivity index (χ3n) is 18.6. The van der Waals surface area contributed by atoms with Gasteiger partial charge in [-0.15, -0.1) is 22.7 Å². The summed E-state index contributed by atoms with van der Waals surface area (Å²) in [6, 6.07) is 93.2. The molecule has 0 aliphatic heterocycles. The monoisotopic (exact) mass is 1260 g/mol. The molecule has 0 unspecified atom stereocenters. The van der Waals surface area contributed by atoms with Gasteiger partial charge in [-0.2, -0.15) is 0 Å². The van der Waals surface area contributed by atoms with Crippen LogP contribution in [0.1, 0.15) is 0 Å². The predicted molar refractivity (Wildman–Crippen MR) is 398 cm³/mol. The first kappa shape index (κ1) is 55.3. The zero-order valence-corrected chi connectivity index (χ0v) is 52.8. The molecule has 8 nitrogen and oxygen atoms in total. The summed E-state index contributed by atoms with van der Waals surface area (Å²) in [5.74, 6) is 1.25. The van der Waals surface area contributed by atoms with Crippen molar-refractivity contribution >= 4 is 128 Å². The largest absolute Gasteiger partial charge is 0.455 e. The van der Waals surface area contributed by atoms with Gasteiger partial charge in [0.25, 0.3) is 0 Å². The maximum Gasteiger partial charge on any atom is 0.162 e. The third-order valence-corrected chi connectivity index (χ3v) is 21.0. The minimum atomic E-state index is 0.625. The Bertz CT molecular complexity index is 5660. The summed E-state index contributed by atoms with van der Waals surface area (Å²) in [6.07, 6.45) is 11.6. The summed E-state index contributed by atoms with van der Waals surface area (Å²) in [6.45, 7) is 0. The highest BCUT2D eigenvalue weighted by Gasteiger charge is 2.20. The van der Waals surface area contributed by atoms with Crippen molar-refractivity contribution < 1.29 is 8.83 Å². The molecule has 0 atom stereocenters. The molecule has 8 aromatic heterocycles. The van der Waals surface area contributed by atoms with E-state index in [0.29, 0.717) is 11.6 Å². The number of hydrogen-bond donors (Lipinski definition) is 0. The molecule has 96 heavy (non-hydrogen) atoms. The molecule has 12 aromatic carbocycles. The van der Waals surface area contributed by atoms with Crippen LogP contribution in [0.25, 0.3) is 196 Å². The molecule has 0 bridgehead atoms. The molecule has 448 valence electrons. The normalized spacial score (nSPS) is 11.8. The fourth-order valence-electron chi connectivity index (χ4n) is 14.0. The molecule has 10 heteroatoms. The lowest BCUT2D eigenvalue weighted by Gasteiger charge is -2.12. The number of fused-ring (bicyclic) bond motifs is 14. The van der Waals surface area contributed by atoms with Crippen LogP contribution < -0.4 is 0 Å². The number of thiophene rings is 2. The maximum atomic E-state index is 6.23. The Morgan fingerprint density at radius 3 is 0.896 bits per heavy atom. The van der Waals surface area contributed by atoms with Crippen molar-refractivity contribution in [1.29, 1.82) is 0 Å². The van der Waals surface area contributed by atoms with Crippen molar-refractivity contribution in [3.8, 4) is 89.8 Å². The molecular formula is C86H50N6O2S2. The Labute approximate surface area is 557 Å². The van der Waals surface area contributed by atoms with E-state index in [9.17, 15) is 0 Å². The Kier molecular flexibility index (Phi) is 13.1. The third kappa shape index (κ3) is 9.25. The van der Waals surface area contributed by atoms with Crippen molar-refractivity contribution in [2.75, 3.05) is 0 Å². The van der Waals surface area contributed by atoms with Gasteiger partial charge in [-0.05, 0) is 92.3 Å². The fourth-order valence-corrected chi connectivity index (χ4v) is 16.5. The van der Waals surface area contributed by atoms with Crippen molar-refractivity contribution in [3.63, 3.8) is 0 Å². The highest BCUT2D eigenvalue weighted by molar-refractivity contribution is 7.26. The highest BCUT2D eigenvalue weighted by Crippen LogP contribution is 2.44. The van der Waals surface area contributed by atoms with Crippen LogP contribution in [-0.2, 0) is 0 Å². The first-order chi connectivity index (χ1) is 47.6. The number of rotatable bonds is 8. The Balaban J connectivity index is 0.000000135. The van der Waals surface area contributed by atoms with E-state index >= 15 is 0 Å². The van der Waals surface area contributed by atoms with Gasteiger partial charge in [-0.1, -0.05) is 218 Å². The van der Waals surface area contributed by atoms with Gasteiger partial charge in [0.2, 0.25) is 0 Å². The maximum absolute atomic E-state index is 6.23. The van der Waals surface area contributed by atoms with E-state index in [1.807, 2.05) is 121 Å². The highest BCUT2D eigenvalue weighted by atomic mass is 32.1. The smallest absolute Gasteiger partial charge is 0.162 e. The first-order valence-corrected chi connectivity index (χ1v) is 33.5. The quantitative estimate of drug-likeness (QED) is 0.148. The lowest BCUT2D eigenvalue weighted by molar-refractivity contribution is 0.669. The van der Waals surface area contributed by atoms with Gasteiger partial charge >= 0.3 is 0 Å². The molecule has 0 amide bonds. The second-order valence-corrected chi connectivity index (χ2v) is 26.1. The second kappa shape index (κ2) is 22.7. The van der Waals surface area contributed by atoms with E-state index in [1.165, 1.54) is 73.4 Å². The SMILES string of the molecule is c1ccc2c(c1)oc1c(-c3ncc(-c4cccc5c(-c6cnc(-c7cccc8c7oc7ccccc78)nc6)cccc45)cn3)cccc12.c1ccc2c(c1)sc1c(-c3ccc(-c4cccc5c(-c6ccc(-c7cccc8c7sc7ccccc78)nc6)cccc45)cn3)cccc12. The standard InChI is InChI=1S/C44H26N2S2.C42H24N4O2/c1-3-19-41-33(9-1)35-15-7-17-37(43(35)47-41)39-23-21-27(25-45-39)29-11-5-14-32-30(12-6-13-31(29)32)28-22-24-40(46-26-28)38-18-8-16-36-34-10-2-4-20-42(34)48-44(36)38;1-3-19-37-31(9-1)33-15-7-17-35(39(33)47-37)41-43-21-25(22-44-41)27-11-5-14-30-28(12-6-13-29(27)30)26-23-45-42(46-24-26)36-18-8-16-34-32-10-2-4-20-38(32)48-40(34)36/h1-26H;1-24H. The zero-order chi connectivity index (χ0) is 63.2. The molecule has 0 radical (unpaired) electrons. The molecule has 20 rings (SSSR count). The Morgan fingerprint density at radius 1 is 0.208 bits per heavy atom. The topological polar surface area (TPSA) is 104 Å². The van der Waals surface area contributed by atoms with Gasteiger partial charge in [-0.3, -0.25) is 9.97 Å². The van der Waals surface area contributed by atoms with Gasteiger partial charge in [-0.25, -0.2) is 19.9 Å². The van der Waals surface area contributed by atoms with E-state index in [-0.39, 0.29) is 0 Å². The van der Waals surface area contributed by atoms with Gasteiger partial charge in [0.15, 0.2) is 11.6 Å². The second-order valence-electron chi connectivity index (χ2n) is 24.0. The van der Waals surface area contributed by atoms with Crippen LogP contribution in [0.3, 0.4) is 0 Å². The van der Waals surface area contributed by atoms with Crippen molar-refractivity contribution in [1.82, 2.24) is 29.9 Å². The minimum Gasteiger partial charge on any atom is -0.455 e. The van der Waals surface area contributed by atoms with Gasteiger partial charge in [0.1, 0.15) is 22.3 Å². The van der Waals surface area contributed by atoms with E-state index in [0.717, 1.165) is 111 Å². The molecule has 0 N–H and O–H groups in total. The number of pyridine rings is 2. The number of nitrogens with zero attached hydrogens (tertiary/aromatic N) is 6. The van der Waals surface area contributed by atoms with Crippen LogP contribution in [-0.4, -0.2) is 29.9 Å².